The second-order valence-corrected chi connectivity index (χ2v) is 5.09. The molecule has 0 bridgehead atoms. The molecule has 0 saturated carbocycles. The minimum absolute atomic E-state index is 0.0297. The highest BCUT2D eigenvalue weighted by atomic mass is 127. The van der Waals surface area contributed by atoms with Gasteiger partial charge in [0.2, 0.25) is 0 Å². The van der Waals surface area contributed by atoms with Gasteiger partial charge in [0.25, 0.3) is 5.91 Å². The maximum Gasteiger partial charge on any atom is 0.282 e. The standard InChI is InChI=1S/C6H7IN2OS/c1-9(2)6(10)5-8-3-4(7)11-5/h3H,1-2H3. The minimum atomic E-state index is -0.0297. The van der Waals surface area contributed by atoms with Crippen molar-refractivity contribution < 1.29 is 4.79 Å². The van der Waals surface area contributed by atoms with E-state index in [2.05, 4.69) is 27.6 Å². The van der Waals surface area contributed by atoms with Crippen LogP contribution < -0.4 is 0 Å². The van der Waals surface area contributed by atoms with Crippen LogP contribution in [0.4, 0.5) is 0 Å². The molecule has 11 heavy (non-hydrogen) atoms. The Kier molecular flexibility index (Phi) is 2.83. The third-order valence-corrected chi connectivity index (χ3v) is 2.78. The first-order chi connectivity index (χ1) is 5.11. The third kappa shape index (κ3) is 2.13. The van der Waals surface area contributed by atoms with Crippen molar-refractivity contribution in [2.24, 2.45) is 0 Å². The van der Waals surface area contributed by atoms with Crippen LogP contribution >= 0.6 is 33.9 Å². The lowest BCUT2D eigenvalue weighted by Crippen LogP contribution is -2.21. The molecular formula is C6H7IN2OS. The van der Waals surface area contributed by atoms with Crippen molar-refractivity contribution in [3.8, 4) is 0 Å². The molecule has 0 N–H and O–H groups in total. The van der Waals surface area contributed by atoms with Crippen molar-refractivity contribution in [1.82, 2.24) is 9.88 Å². The van der Waals surface area contributed by atoms with Crippen molar-refractivity contribution in [1.29, 1.82) is 0 Å². The van der Waals surface area contributed by atoms with Gasteiger partial charge in [-0.15, -0.1) is 11.3 Å². The number of rotatable bonds is 1. The fourth-order valence-electron chi connectivity index (χ4n) is 0.545. The second kappa shape index (κ2) is 3.48. The molecule has 1 aromatic heterocycles. The van der Waals surface area contributed by atoms with Crippen LogP contribution in [0.5, 0.6) is 0 Å². The van der Waals surface area contributed by atoms with Crippen LogP contribution in [0.25, 0.3) is 0 Å². The van der Waals surface area contributed by atoms with Gasteiger partial charge >= 0.3 is 0 Å². The van der Waals surface area contributed by atoms with E-state index < -0.39 is 0 Å². The maximum absolute atomic E-state index is 11.2. The summed E-state index contributed by atoms with van der Waals surface area (Å²) in [6.07, 6.45) is 1.70. The Balaban J connectivity index is 2.85. The zero-order valence-electron chi connectivity index (χ0n) is 6.17. The quantitative estimate of drug-likeness (QED) is 0.730. The molecule has 0 saturated heterocycles. The van der Waals surface area contributed by atoms with Gasteiger partial charge in [-0.2, -0.15) is 0 Å². The third-order valence-electron chi connectivity index (χ3n) is 1.07. The van der Waals surface area contributed by atoms with Gasteiger partial charge in [-0.1, -0.05) is 0 Å². The lowest BCUT2D eigenvalue weighted by atomic mass is 10.6. The Labute approximate surface area is 82.6 Å². The smallest absolute Gasteiger partial charge is 0.282 e. The summed E-state index contributed by atoms with van der Waals surface area (Å²) < 4.78 is 1.04. The normalized spacial score (nSPS) is 9.73. The van der Waals surface area contributed by atoms with Gasteiger partial charge < -0.3 is 4.90 Å². The highest BCUT2D eigenvalue weighted by Crippen LogP contribution is 2.15. The van der Waals surface area contributed by atoms with Crippen molar-refractivity contribution in [2.45, 2.75) is 0 Å². The molecule has 0 aromatic carbocycles. The molecular weight excluding hydrogens is 275 g/mol. The number of hydrogen-bond donors (Lipinski definition) is 0. The van der Waals surface area contributed by atoms with Crippen molar-refractivity contribution in [3.05, 3.63) is 14.1 Å². The van der Waals surface area contributed by atoms with Crippen molar-refractivity contribution in [3.63, 3.8) is 0 Å². The SMILES string of the molecule is CN(C)C(=O)c1ncc(I)s1. The van der Waals surface area contributed by atoms with Crippen LogP contribution in [0.2, 0.25) is 0 Å². The van der Waals surface area contributed by atoms with Crippen LogP contribution in [0.3, 0.4) is 0 Å². The van der Waals surface area contributed by atoms with Crippen LogP contribution in [0, 0.1) is 2.88 Å². The molecule has 0 aliphatic rings. The van der Waals surface area contributed by atoms with Crippen LogP contribution in [0.1, 0.15) is 9.80 Å². The molecule has 1 aromatic rings. The number of amides is 1. The van der Waals surface area contributed by atoms with E-state index in [4.69, 9.17) is 0 Å². The van der Waals surface area contributed by atoms with Crippen LogP contribution in [0.15, 0.2) is 6.20 Å². The van der Waals surface area contributed by atoms with Crippen LogP contribution in [-0.2, 0) is 0 Å². The molecule has 3 nitrogen and oxygen atoms in total. The molecule has 0 aliphatic carbocycles. The number of hydrogen-bond acceptors (Lipinski definition) is 3. The lowest BCUT2D eigenvalue weighted by molar-refractivity contribution is 0.0827. The van der Waals surface area contributed by atoms with Crippen molar-refractivity contribution in [2.75, 3.05) is 14.1 Å². The van der Waals surface area contributed by atoms with Gasteiger partial charge in [0.15, 0.2) is 5.01 Å². The number of halogens is 1. The summed E-state index contributed by atoms with van der Waals surface area (Å²) in [5, 5.41) is 0.555. The average molecular weight is 282 g/mol. The van der Waals surface area contributed by atoms with Crippen LogP contribution in [-0.4, -0.2) is 29.9 Å². The number of aromatic nitrogens is 1. The second-order valence-electron chi connectivity index (χ2n) is 2.17. The fourth-order valence-corrected chi connectivity index (χ4v) is 1.98. The zero-order chi connectivity index (χ0) is 8.43. The molecule has 0 fully saturated rings. The first-order valence-electron chi connectivity index (χ1n) is 2.94. The Morgan fingerprint density at radius 2 is 2.36 bits per heavy atom. The Morgan fingerprint density at radius 3 is 2.73 bits per heavy atom. The topological polar surface area (TPSA) is 33.2 Å². The van der Waals surface area contributed by atoms with Gasteiger partial charge in [0, 0.05) is 14.1 Å². The monoisotopic (exact) mass is 282 g/mol. The molecule has 1 heterocycles. The first kappa shape index (κ1) is 8.92. The number of thiazole rings is 1. The van der Waals surface area contributed by atoms with Gasteiger partial charge in [-0.3, -0.25) is 4.79 Å². The molecule has 60 valence electrons. The van der Waals surface area contributed by atoms with E-state index in [9.17, 15) is 4.79 Å². The largest absolute Gasteiger partial charge is 0.343 e. The van der Waals surface area contributed by atoms with E-state index in [-0.39, 0.29) is 5.91 Å². The lowest BCUT2D eigenvalue weighted by Gasteiger charge is -2.05. The molecule has 0 aliphatic heterocycles. The molecule has 1 rings (SSSR count). The minimum Gasteiger partial charge on any atom is -0.343 e. The molecule has 0 atom stereocenters. The van der Waals surface area contributed by atoms with Gasteiger partial charge in [-0.05, 0) is 22.6 Å². The predicted octanol–water partition coefficient (Wildman–Crippen LogP) is 1.45. The highest BCUT2D eigenvalue weighted by Gasteiger charge is 2.11. The number of carbonyl (C=O) groups is 1. The molecule has 0 unspecified atom stereocenters. The first-order valence-corrected chi connectivity index (χ1v) is 4.84. The van der Waals surface area contributed by atoms with E-state index in [1.807, 2.05) is 0 Å². The van der Waals surface area contributed by atoms with E-state index in [1.54, 1.807) is 20.3 Å². The van der Waals surface area contributed by atoms with E-state index in [0.29, 0.717) is 5.01 Å². The average Bonchev–Trinajstić information content (AvgIpc) is 2.34. The van der Waals surface area contributed by atoms with E-state index in [1.165, 1.54) is 16.2 Å². The summed E-state index contributed by atoms with van der Waals surface area (Å²) in [5.74, 6) is -0.0297. The molecule has 1 amide bonds. The van der Waals surface area contributed by atoms with Gasteiger partial charge in [0.05, 0.1) is 9.08 Å². The summed E-state index contributed by atoms with van der Waals surface area (Å²) in [6.45, 7) is 0. The summed E-state index contributed by atoms with van der Waals surface area (Å²) in [5.41, 5.74) is 0. The number of carbonyl (C=O) groups excluding carboxylic acids is 1. The highest BCUT2D eigenvalue weighted by molar-refractivity contribution is 14.1. The number of nitrogens with zero attached hydrogens (tertiary/aromatic N) is 2. The molecule has 0 spiro atoms. The molecule has 0 radical (unpaired) electrons. The molecule has 5 heteroatoms. The Hall–Kier alpha value is -0.170. The Morgan fingerprint density at radius 1 is 1.73 bits per heavy atom. The summed E-state index contributed by atoms with van der Waals surface area (Å²) >= 11 is 3.55. The fraction of sp³-hybridized carbons (Fsp3) is 0.333. The predicted molar refractivity (Wildman–Crippen MR) is 52.8 cm³/mol. The van der Waals surface area contributed by atoms with Crippen molar-refractivity contribution >= 4 is 39.8 Å². The van der Waals surface area contributed by atoms with Gasteiger partial charge in [-0.25, -0.2) is 4.98 Å². The van der Waals surface area contributed by atoms with Gasteiger partial charge in [0.1, 0.15) is 0 Å². The van der Waals surface area contributed by atoms with E-state index in [0.717, 1.165) is 2.88 Å². The maximum atomic E-state index is 11.2. The van der Waals surface area contributed by atoms with E-state index >= 15 is 0 Å². The summed E-state index contributed by atoms with van der Waals surface area (Å²) in [4.78, 5) is 16.7. The summed E-state index contributed by atoms with van der Waals surface area (Å²) in [6, 6.07) is 0. The zero-order valence-corrected chi connectivity index (χ0v) is 9.14. The Bertz CT molecular complexity index is 271. The summed E-state index contributed by atoms with van der Waals surface area (Å²) in [7, 11) is 3.44.